The lowest BCUT2D eigenvalue weighted by atomic mass is 9.81. The van der Waals surface area contributed by atoms with Crippen LogP contribution in [0.25, 0.3) is 0 Å². The Hall–Kier alpha value is -5.69. The maximum absolute atomic E-state index is 14.1. The molecule has 71 heavy (non-hydrogen) atoms. The molecule has 0 heterocycles. The molecule has 0 fully saturated rings. The molecule has 380 valence electrons. The summed E-state index contributed by atoms with van der Waals surface area (Å²) in [4.78, 5) is 25.3. The van der Waals surface area contributed by atoms with E-state index in [2.05, 4.69) is 156 Å². The maximum Gasteiger partial charge on any atom is 0.158 e. The Bertz CT molecular complexity index is 2440. The van der Waals surface area contributed by atoms with Crippen LogP contribution >= 0.6 is 0 Å². The van der Waals surface area contributed by atoms with Crippen LogP contribution in [0.4, 0.5) is 0 Å². The highest BCUT2D eigenvalue weighted by Gasteiger charge is 2.26. The Kier molecular flexibility index (Phi) is 19.7. The minimum absolute atomic E-state index is 0.0855. The van der Waals surface area contributed by atoms with Crippen LogP contribution in [0, 0.1) is 27.7 Å². The van der Waals surface area contributed by atoms with Crippen LogP contribution in [-0.2, 0) is 21.3 Å². The first-order valence-corrected chi connectivity index (χ1v) is 27.5. The summed E-state index contributed by atoms with van der Waals surface area (Å²) >= 11 is 0. The molecule has 0 spiro atoms. The van der Waals surface area contributed by atoms with Gasteiger partial charge in [0.05, 0.1) is 11.5 Å². The molecule has 0 aromatic heterocycles. The predicted molar refractivity (Wildman–Crippen MR) is 290 cm³/mol. The molecule has 0 saturated carbocycles. The van der Waals surface area contributed by atoms with Gasteiger partial charge < -0.3 is 19.4 Å². The lowest BCUT2D eigenvalue weighted by Crippen LogP contribution is -2.27. The van der Waals surface area contributed by atoms with Gasteiger partial charge in [0, 0.05) is 64.2 Å². The minimum Gasteiger partial charge on any atom is -0.406 e. The van der Waals surface area contributed by atoms with E-state index in [1.807, 2.05) is 68.8 Å². The second kappa shape index (κ2) is 25.6. The van der Waals surface area contributed by atoms with Crippen molar-refractivity contribution in [2.45, 2.75) is 106 Å². The van der Waals surface area contributed by atoms with Crippen molar-refractivity contribution in [3.05, 3.63) is 188 Å². The highest BCUT2D eigenvalue weighted by Crippen LogP contribution is 2.41. The van der Waals surface area contributed by atoms with Crippen molar-refractivity contribution < 1.29 is 27.8 Å². The Morgan fingerprint density at radius 2 is 0.577 bits per heavy atom. The fourth-order valence-electron chi connectivity index (χ4n) is 9.18. The standard InChI is InChI=1S/C60H78N4O6S/c1-13-61(14-2)67-51-33-21-43(9)55(37-51)59(56-38-52(34-22-44(56)10)68-62(15-3)16-4)49-29-25-47(26-30-49)41-71(65,66)42-48-27-31-50(32-28-48)60(57-39-53(35-23-45(57)11)69-63(17-5)18-6)58-40-54(36-24-46(58)12)70-64(19-7)20-8/h21-40,59-60H,13-20,41-42H2,1-12H3. The molecule has 0 radical (unpaired) electrons. The molecular weight excluding hydrogens is 905 g/mol. The first-order chi connectivity index (χ1) is 34.2. The smallest absolute Gasteiger partial charge is 0.158 e. The van der Waals surface area contributed by atoms with E-state index in [9.17, 15) is 8.42 Å². The summed E-state index contributed by atoms with van der Waals surface area (Å²) in [6.45, 7) is 31.2. The van der Waals surface area contributed by atoms with Crippen molar-refractivity contribution in [1.29, 1.82) is 0 Å². The van der Waals surface area contributed by atoms with Gasteiger partial charge in [0.15, 0.2) is 9.84 Å². The van der Waals surface area contributed by atoms with Crippen LogP contribution in [0.3, 0.4) is 0 Å². The summed E-state index contributed by atoms with van der Waals surface area (Å²) < 4.78 is 28.2. The molecule has 0 aliphatic heterocycles. The zero-order valence-electron chi connectivity index (χ0n) is 44.4. The van der Waals surface area contributed by atoms with E-state index in [0.717, 1.165) is 142 Å². The molecule has 11 heteroatoms. The topological polar surface area (TPSA) is 84.0 Å². The predicted octanol–water partition coefficient (Wildman–Crippen LogP) is 12.9. The second-order valence-electron chi connectivity index (χ2n) is 18.3. The van der Waals surface area contributed by atoms with Crippen molar-refractivity contribution in [1.82, 2.24) is 20.3 Å². The van der Waals surface area contributed by atoms with Crippen molar-refractivity contribution in [2.24, 2.45) is 0 Å². The summed E-state index contributed by atoms with van der Waals surface area (Å²) in [7, 11) is -3.56. The third-order valence-corrected chi connectivity index (χ3v) is 15.0. The molecule has 6 rings (SSSR count). The fourth-order valence-corrected chi connectivity index (χ4v) is 10.7. The molecule has 6 aromatic carbocycles. The van der Waals surface area contributed by atoms with E-state index in [-0.39, 0.29) is 23.3 Å². The number of nitrogens with zero attached hydrogens (tertiary/aromatic N) is 4. The van der Waals surface area contributed by atoms with Crippen LogP contribution in [0.2, 0.25) is 0 Å². The number of benzene rings is 6. The van der Waals surface area contributed by atoms with E-state index >= 15 is 0 Å². The molecule has 0 unspecified atom stereocenters. The number of rotatable bonds is 26. The summed E-state index contributed by atoms with van der Waals surface area (Å²) in [5.74, 6) is 2.57. The van der Waals surface area contributed by atoms with E-state index in [0.29, 0.717) is 0 Å². The van der Waals surface area contributed by atoms with Gasteiger partial charge >= 0.3 is 0 Å². The molecule has 0 saturated heterocycles. The van der Waals surface area contributed by atoms with Crippen LogP contribution in [-0.4, -0.2) is 81.0 Å². The Morgan fingerprint density at radius 1 is 0.352 bits per heavy atom. The summed E-state index contributed by atoms with van der Waals surface area (Å²) in [6, 6.07) is 41.3. The molecule has 0 aliphatic carbocycles. The lowest BCUT2D eigenvalue weighted by Gasteiger charge is -2.26. The highest BCUT2D eigenvalue weighted by molar-refractivity contribution is 7.89. The van der Waals surface area contributed by atoms with Gasteiger partial charge in [0.1, 0.15) is 23.0 Å². The number of aryl methyl sites for hydroxylation is 4. The van der Waals surface area contributed by atoms with Crippen molar-refractivity contribution >= 4 is 9.84 Å². The zero-order chi connectivity index (χ0) is 51.2. The van der Waals surface area contributed by atoms with Gasteiger partial charge in [-0.15, -0.1) is 20.3 Å². The maximum atomic E-state index is 14.1. The van der Waals surface area contributed by atoms with Crippen LogP contribution in [0.15, 0.2) is 121 Å². The summed E-state index contributed by atoms with van der Waals surface area (Å²) in [6.07, 6.45) is 0. The molecule has 0 bridgehead atoms. The molecule has 10 nitrogen and oxygen atoms in total. The lowest BCUT2D eigenvalue weighted by molar-refractivity contribution is -0.0489. The molecule has 0 amide bonds. The van der Waals surface area contributed by atoms with Crippen molar-refractivity contribution in [3.8, 4) is 23.0 Å². The van der Waals surface area contributed by atoms with Crippen LogP contribution in [0.5, 0.6) is 23.0 Å². The van der Waals surface area contributed by atoms with Crippen LogP contribution < -0.4 is 19.4 Å². The SMILES string of the molecule is CCN(CC)Oc1ccc(C)c(C(c2ccc(CS(=O)(=O)Cc3ccc(C(c4cc(ON(CC)CC)ccc4C)c4cc(ON(CC)CC)ccc4C)cc3)cc2)c2cc(ON(CC)CC)ccc2C)c1. The second-order valence-corrected chi connectivity index (χ2v) is 20.3. The van der Waals surface area contributed by atoms with Gasteiger partial charge in [-0.2, -0.15) is 0 Å². The Morgan fingerprint density at radius 3 is 0.789 bits per heavy atom. The van der Waals surface area contributed by atoms with Gasteiger partial charge in [0.25, 0.3) is 0 Å². The van der Waals surface area contributed by atoms with Gasteiger partial charge in [-0.3, -0.25) is 0 Å². The van der Waals surface area contributed by atoms with E-state index in [1.54, 1.807) is 0 Å². The summed E-state index contributed by atoms with van der Waals surface area (Å²) in [5.41, 5.74) is 12.5. The number of hydrogen-bond donors (Lipinski definition) is 0. The van der Waals surface area contributed by atoms with Crippen molar-refractivity contribution in [2.75, 3.05) is 52.4 Å². The third-order valence-electron chi connectivity index (χ3n) is 13.4. The quantitative estimate of drug-likeness (QED) is 0.0387. The zero-order valence-corrected chi connectivity index (χ0v) is 45.2. The van der Waals surface area contributed by atoms with Crippen LogP contribution in [0.1, 0.15) is 134 Å². The van der Waals surface area contributed by atoms with Gasteiger partial charge in [-0.05, 0) is 198 Å². The molecule has 0 N–H and O–H groups in total. The molecule has 6 aromatic rings. The molecular formula is C60H78N4O6S. The summed E-state index contributed by atoms with van der Waals surface area (Å²) in [5, 5.41) is 7.74. The van der Waals surface area contributed by atoms with E-state index < -0.39 is 9.84 Å². The number of sulfone groups is 1. The average Bonchev–Trinajstić information content (AvgIpc) is 3.37. The highest BCUT2D eigenvalue weighted by atomic mass is 32.2. The van der Waals surface area contributed by atoms with Gasteiger partial charge in [-0.1, -0.05) is 72.8 Å². The minimum atomic E-state index is -3.56. The molecule has 0 atom stereocenters. The largest absolute Gasteiger partial charge is 0.406 e. The van der Waals surface area contributed by atoms with E-state index in [1.165, 1.54) is 0 Å². The first kappa shape index (κ1) is 54.6. The van der Waals surface area contributed by atoms with E-state index in [4.69, 9.17) is 19.4 Å². The Labute approximate surface area is 425 Å². The van der Waals surface area contributed by atoms with Gasteiger partial charge in [0.2, 0.25) is 0 Å². The molecule has 0 aliphatic rings. The fraction of sp³-hybridized carbons (Fsp3) is 0.400. The normalized spacial score (nSPS) is 12.0. The Balaban J connectivity index is 1.31. The average molecular weight is 983 g/mol. The number of hydrogen-bond acceptors (Lipinski definition) is 10. The third kappa shape index (κ3) is 14.3. The first-order valence-electron chi connectivity index (χ1n) is 25.7. The van der Waals surface area contributed by atoms with Crippen molar-refractivity contribution in [3.63, 3.8) is 0 Å². The van der Waals surface area contributed by atoms with Gasteiger partial charge in [-0.25, -0.2) is 8.42 Å². The number of hydroxylamine groups is 8. The monoisotopic (exact) mass is 983 g/mol.